The van der Waals surface area contributed by atoms with Crippen molar-refractivity contribution in [2.24, 2.45) is 4.99 Å². The van der Waals surface area contributed by atoms with Gasteiger partial charge in [0.25, 0.3) is 0 Å². The van der Waals surface area contributed by atoms with Crippen molar-refractivity contribution in [2.45, 2.75) is 45.8 Å². The first-order chi connectivity index (χ1) is 12.1. The van der Waals surface area contributed by atoms with Crippen molar-refractivity contribution in [2.75, 3.05) is 31.1 Å². The molecule has 1 aliphatic rings. The molecule has 1 aromatic rings. The van der Waals surface area contributed by atoms with Crippen molar-refractivity contribution in [1.82, 2.24) is 10.6 Å². The van der Waals surface area contributed by atoms with Crippen LogP contribution in [-0.2, 0) is 9.53 Å². The fourth-order valence-corrected chi connectivity index (χ4v) is 2.75. The minimum absolute atomic E-state index is 0.0671. The Labute approximate surface area is 150 Å². The quantitative estimate of drug-likeness (QED) is 0.430. The minimum atomic E-state index is 0.0671. The number of anilines is 1. The topological polar surface area (TPSA) is 66.0 Å². The molecule has 0 aliphatic carbocycles. The van der Waals surface area contributed by atoms with Crippen molar-refractivity contribution in [3.05, 3.63) is 30.3 Å². The third-order valence-electron chi connectivity index (χ3n) is 3.90. The van der Waals surface area contributed by atoms with E-state index >= 15 is 0 Å². The number of para-hydroxylation sites is 1. The van der Waals surface area contributed by atoms with Crippen molar-refractivity contribution >= 4 is 17.6 Å². The van der Waals surface area contributed by atoms with Gasteiger partial charge in [0.15, 0.2) is 5.96 Å². The van der Waals surface area contributed by atoms with Gasteiger partial charge in [-0.3, -0.25) is 9.79 Å². The van der Waals surface area contributed by atoms with E-state index in [2.05, 4.69) is 15.6 Å². The Balaban J connectivity index is 1.86. The summed E-state index contributed by atoms with van der Waals surface area (Å²) in [6, 6.07) is 9.86. The molecule has 0 bridgehead atoms. The van der Waals surface area contributed by atoms with Gasteiger partial charge >= 0.3 is 0 Å². The summed E-state index contributed by atoms with van der Waals surface area (Å²) < 4.78 is 5.53. The highest BCUT2D eigenvalue weighted by Gasteiger charge is 2.30. The third kappa shape index (κ3) is 6.38. The fraction of sp³-hybridized carbons (Fsp3) is 0.579. The molecular weight excluding hydrogens is 316 g/mol. The van der Waals surface area contributed by atoms with Gasteiger partial charge < -0.3 is 20.3 Å². The monoisotopic (exact) mass is 346 g/mol. The summed E-state index contributed by atoms with van der Waals surface area (Å²) in [5.41, 5.74) is 0.949. The average Bonchev–Trinajstić information content (AvgIpc) is 2.95. The molecule has 1 aromatic carbocycles. The Morgan fingerprint density at radius 2 is 2.12 bits per heavy atom. The SMILES string of the molecule is CCNC(=NCCCOC(C)C)NC1CC(=O)N(c2ccccc2)C1. The lowest BCUT2D eigenvalue weighted by atomic mass is 10.2. The summed E-state index contributed by atoms with van der Waals surface area (Å²) in [6.07, 6.45) is 1.62. The molecule has 0 spiro atoms. The average molecular weight is 346 g/mol. The number of aliphatic imine (C=N–C) groups is 1. The highest BCUT2D eigenvalue weighted by Crippen LogP contribution is 2.20. The van der Waals surface area contributed by atoms with Gasteiger partial charge in [0.2, 0.25) is 5.91 Å². The summed E-state index contributed by atoms with van der Waals surface area (Å²) in [6.45, 7) is 8.96. The molecule has 1 amide bonds. The van der Waals surface area contributed by atoms with Crippen molar-refractivity contribution in [3.63, 3.8) is 0 Å². The smallest absolute Gasteiger partial charge is 0.229 e. The van der Waals surface area contributed by atoms with Crippen molar-refractivity contribution in [3.8, 4) is 0 Å². The standard InChI is InChI=1S/C19H30N4O2/c1-4-20-19(21-11-8-12-25-15(2)3)22-16-13-18(24)23(14-16)17-9-6-5-7-10-17/h5-7,9-10,15-16H,4,8,11-14H2,1-3H3,(H2,20,21,22). The summed E-state index contributed by atoms with van der Waals surface area (Å²) in [7, 11) is 0. The van der Waals surface area contributed by atoms with Crippen molar-refractivity contribution in [1.29, 1.82) is 0 Å². The zero-order chi connectivity index (χ0) is 18.1. The third-order valence-corrected chi connectivity index (χ3v) is 3.90. The predicted octanol–water partition coefficient (Wildman–Crippen LogP) is 2.16. The minimum Gasteiger partial charge on any atom is -0.379 e. The van der Waals surface area contributed by atoms with Gasteiger partial charge in [-0.25, -0.2) is 0 Å². The second-order valence-corrected chi connectivity index (χ2v) is 6.42. The molecule has 138 valence electrons. The Bertz CT molecular complexity index is 560. The van der Waals surface area contributed by atoms with Crippen LogP contribution in [0.1, 0.15) is 33.6 Å². The van der Waals surface area contributed by atoms with Crippen molar-refractivity contribution < 1.29 is 9.53 Å². The number of guanidine groups is 1. The first kappa shape index (κ1) is 19.2. The van der Waals surface area contributed by atoms with Crippen LogP contribution in [0.5, 0.6) is 0 Å². The predicted molar refractivity (Wildman–Crippen MR) is 102 cm³/mol. The van der Waals surface area contributed by atoms with E-state index in [1.807, 2.05) is 56.0 Å². The zero-order valence-corrected chi connectivity index (χ0v) is 15.5. The molecule has 1 fully saturated rings. The summed E-state index contributed by atoms with van der Waals surface area (Å²) in [4.78, 5) is 18.7. The van der Waals surface area contributed by atoms with Gasteiger partial charge in [0.1, 0.15) is 0 Å². The Morgan fingerprint density at radius 1 is 1.36 bits per heavy atom. The lowest BCUT2D eigenvalue weighted by Crippen LogP contribution is -2.44. The maximum atomic E-state index is 12.3. The van der Waals surface area contributed by atoms with Gasteiger partial charge in [-0.15, -0.1) is 0 Å². The molecule has 6 heteroatoms. The molecule has 0 radical (unpaired) electrons. The van der Waals surface area contributed by atoms with Gasteiger partial charge in [-0.05, 0) is 39.3 Å². The molecule has 1 atom stereocenters. The first-order valence-electron chi connectivity index (χ1n) is 9.12. The zero-order valence-electron chi connectivity index (χ0n) is 15.5. The molecule has 1 saturated heterocycles. The highest BCUT2D eigenvalue weighted by atomic mass is 16.5. The molecule has 0 aromatic heterocycles. The fourth-order valence-electron chi connectivity index (χ4n) is 2.75. The molecule has 2 N–H and O–H groups in total. The first-order valence-corrected chi connectivity index (χ1v) is 9.12. The Hall–Kier alpha value is -2.08. The number of nitrogens with zero attached hydrogens (tertiary/aromatic N) is 2. The Morgan fingerprint density at radius 3 is 2.80 bits per heavy atom. The van der Waals surface area contributed by atoms with Crippen LogP contribution in [0.25, 0.3) is 0 Å². The van der Waals surface area contributed by atoms with E-state index in [-0.39, 0.29) is 18.1 Å². The number of carbonyl (C=O) groups excluding carboxylic acids is 1. The number of hydrogen-bond donors (Lipinski definition) is 2. The van der Waals surface area contributed by atoms with Crippen LogP contribution < -0.4 is 15.5 Å². The van der Waals surface area contributed by atoms with E-state index in [9.17, 15) is 4.79 Å². The van der Waals surface area contributed by atoms with E-state index in [4.69, 9.17) is 4.74 Å². The summed E-state index contributed by atoms with van der Waals surface area (Å²) in [5, 5.41) is 6.63. The summed E-state index contributed by atoms with van der Waals surface area (Å²) in [5.74, 6) is 0.907. The number of hydrogen-bond acceptors (Lipinski definition) is 3. The molecule has 1 unspecified atom stereocenters. The maximum absolute atomic E-state index is 12.3. The molecule has 6 nitrogen and oxygen atoms in total. The number of ether oxygens (including phenoxy) is 1. The van der Waals surface area contributed by atoms with E-state index in [0.29, 0.717) is 26.1 Å². The number of amides is 1. The lowest BCUT2D eigenvalue weighted by Gasteiger charge is -2.19. The van der Waals surface area contributed by atoms with E-state index in [0.717, 1.165) is 24.6 Å². The van der Waals surface area contributed by atoms with Crippen LogP contribution in [0.4, 0.5) is 5.69 Å². The van der Waals surface area contributed by atoms with E-state index in [1.54, 1.807) is 0 Å². The van der Waals surface area contributed by atoms with Gasteiger partial charge in [-0.2, -0.15) is 0 Å². The van der Waals surface area contributed by atoms with Crippen LogP contribution >= 0.6 is 0 Å². The number of benzene rings is 1. The lowest BCUT2D eigenvalue weighted by molar-refractivity contribution is -0.117. The second kappa shape index (κ2) is 10.0. The Kier molecular flexibility index (Phi) is 7.73. The molecule has 0 saturated carbocycles. The van der Waals surface area contributed by atoms with Crippen LogP contribution in [0.2, 0.25) is 0 Å². The van der Waals surface area contributed by atoms with Crippen LogP contribution in [0, 0.1) is 0 Å². The van der Waals surface area contributed by atoms with Crippen LogP contribution in [0.3, 0.4) is 0 Å². The number of nitrogens with one attached hydrogen (secondary N) is 2. The second-order valence-electron chi connectivity index (χ2n) is 6.42. The summed E-state index contributed by atoms with van der Waals surface area (Å²) >= 11 is 0. The van der Waals surface area contributed by atoms with Gasteiger partial charge in [-0.1, -0.05) is 18.2 Å². The van der Waals surface area contributed by atoms with Crippen LogP contribution in [0.15, 0.2) is 35.3 Å². The normalized spacial score (nSPS) is 18.1. The molecule has 25 heavy (non-hydrogen) atoms. The van der Waals surface area contributed by atoms with Crippen LogP contribution in [-0.4, -0.2) is 50.3 Å². The number of carbonyl (C=O) groups is 1. The molecule has 1 heterocycles. The maximum Gasteiger partial charge on any atom is 0.229 e. The highest BCUT2D eigenvalue weighted by molar-refractivity contribution is 5.97. The van der Waals surface area contributed by atoms with Gasteiger partial charge in [0.05, 0.1) is 12.1 Å². The molecular formula is C19H30N4O2. The molecule has 2 rings (SSSR count). The van der Waals surface area contributed by atoms with Gasteiger partial charge in [0, 0.05) is 38.3 Å². The largest absolute Gasteiger partial charge is 0.379 e. The van der Waals surface area contributed by atoms with E-state index < -0.39 is 0 Å². The van der Waals surface area contributed by atoms with E-state index in [1.165, 1.54) is 0 Å². The molecule has 1 aliphatic heterocycles. The number of rotatable bonds is 8.